The molecule has 2 aromatic rings. The van der Waals surface area contributed by atoms with E-state index in [2.05, 4.69) is 15.9 Å². The second-order valence-corrected chi connectivity index (χ2v) is 5.81. The Morgan fingerprint density at radius 3 is 2.71 bits per heavy atom. The number of benzene rings is 1. The maximum Gasteiger partial charge on any atom is 0.206 e. The molecule has 1 aromatic carbocycles. The van der Waals surface area contributed by atoms with E-state index >= 15 is 0 Å². The number of carbonyl (C=O) groups is 1. The molecule has 0 fully saturated rings. The molecule has 0 amide bonds. The minimum absolute atomic E-state index is 0.0459. The predicted molar refractivity (Wildman–Crippen MR) is 71.3 cm³/mol. The Hall–Kier alpha value is -0.910. The molecule has 0 unspecified atom stereocenters. The maximum atomic E-state index is 13.5. The number of thiophene rings is 1. The van der Waals surface area contributed by atoms with Crippen molar-refractivity contribution >= 4 is 50.3 Å². The van der Waals surface area contributed by atoms with Gasteiger partial charge in [-0.05, 0) is 40.2 Å². The summed E-state index contributed by atoms with van der Waals surface area (Å²) in [5.41, 5.74) is 5.83. The molecule has 0 aliphatic heterocycles. The Morgan fingerprint density at radius 1 is 1.41 bits per heavy atom. The minimum atomic E-state index is -0.593. The summed E-state index contributed by atoms with van der Waals surface area (Å²) in [5.74, 6) is -1.02. The average molecular weight is 335 g/mol. The molecule has 17 heavy (non-hydrogen) atoms. The normalized spacial score (nSPS) is 10.5. The quantitative estimate of drug-likeness (QED) is 0.663. The number of ketones is 1. The van der Waals surface area contributed by atoms with Crippen molar-refractivity contribution in [2.24, 2.45) is 0 Å². The lowest BCUT2D eigenvalue weighted by Gasteiger charge is -2.01. The van der Waals surface area contributed by atoms with E-state index in [1.807, 2.05) is 0 Å². The summed E-state index contributed by atoms with van der Waals surface area (Å²) in [7, 11) is 0. The molecule has 2 rings (SSSR count). The molecule has 0 aliphatic carbocycles. The lowest BCUT2D eigenvalue weighted by molar-refractivity contribution is 0.103. The summed E-state index contributed by atoms with van der Waals surface area (Å²) in [6, 6.07) is 5.47. The van der Waals surface area contributed by atoms with Gasteiger partial charge in [-0.1, -0.05) is 11.6 Å². The second kappa shape index (κ2) is 4.76. The SMILES string of the molecule is Nc1ccc(F)c(C(=O)c2cc(Br)c(Cl)s2)c1. The monoisotopic (exact) mass is 333 g/mol. The van der Waals surface area contributed by atoms with Gasteiger partial charge in [0.05, 0.1) is 10.4 Å². The van der Waals surface area contributed by atoms with Crippen LogP contribution >= 0.6 is 38.9 Å². The average Bonchev–Trinajstić information content (AvgIpc) is 2.62. The predicted octanol–water partition coefficient (Wildman–Crippen LogP) is 4.12. The number of nitrogen functional groups attached to an aromatic ring is 1. The summed E-state index contributed by atoms with van der Waals surface area (Å²) in [6.45, 7) is 0. The van der Waals surface area contributed by atoms with Crippen molar-refractivity contribution in [1.29, 1.82) is 0 Å². The van der Waals surface area contributed by atoms with Crippen molar-refractivity contribution in [2.75, 3.05) is 5.73 Å². The van der Waals surface area contributed by atoms with E-state index in [9.17, 15) is 9.18 Å². The van der Waals surface area contributed by atoms with Gasteiger partial charge in [0.2, 0.25) is 5.78 Å². The van der Waals surface area contributed by atoms with Crippen molar-refractivity contribution in [3.8, 4) is 0 Å². The Kier molecular flexibility index (Phi) is 3.51. The molecule has 1 heterocycles. The van der Waals surface area contributed by atoms with Crippen LogP contribution in [0.5, 0.6) is 0 Å². The largest absolute Gasteiger partial charge is 0.399 e. The molecule has 0 bridgehead atoms. The summed E-state index contributed by atoms with van der Waals surface area (Å²) in [5, 5.41) is 0. The number of hydrogen-bond acceptors (Lipinski definition) is 3. The zero-order valence-corrected chi connectivity index (χ0v) is 11.5. The van der Waals surface area contributed by atoms with E-state index in [1.165, 1.54) is 18.2 Å². The second-order valence-electron chi connectivity index (χ2n) is 3.30. The van der Waals surface area contributed by atoms with Crippen LogP contribution < -0.4 is 5.73 Å². The van der Waals surface area contributed by atoms with Gasteiger partial charge < -0.3 is 5.73 Å². The molecule has 0 atom stereocenters. The molecule has 2 nitrogen and oxygen atoms in total. The standard InChI is InChI=1S/C11H6BrClFNOS/c12-7-4-9(17-11(7)13)10(16)6-3-5(15)1-2-8(6)14/h1-4H,15H2. The van der Waals surface area contributed by atoms with E-state index in [-0.39, 0.29) is 5.56 Å². The first kappa shape index (κ1) is 12.5. The molecule has 2 N–H and O–H groups in total. The highest BCUT2D eigenvalue weighted by Gasteiger charge is 2.18. The van der Waals surface area contributed by atoms with E-state index in [4.69, 9.17) is 17.3 Å². The van der Waals surface area contributed by atoms with E-state index in [0.717, 1.165) is 11.3 Å². The number of rotatable bonds is 2. The molecule has 0 saturated heterocycles. The van der Waals surface area contributed by atoms with E-state index in [1.54, 1.807) is 6.07 Å². The molecule has 88 valence electrons. The third-order valence-corrected chi connectivity index (χ3v) is 4.58. The Labute approximate surface area is 114 Å². The number of halogens is 3. The van der Waals surface area contributed by atoms with Gasteiger partial charge in [-0.25, -0.2) is 4.39 Å². The number of nitrogens with two attached hydrogens (primary N) is 1. The zero-order chi connectivity index (χ0) is 12.6. The smallest absolute Gasteiger partial charge is 0.206 e. The summed E-state index contributed by atoms with van der Waals surface area (Å²) in [4.78, 5) is 12.4. The maximum absolute atomic E-state index is 13.5. The van der Waals surface area contributed by atoms with Crippen LogP contribution in [0.1, 0.15) is 15.2 Å². The van der Waals surface area contributed by atoms with Crippen LogP contribution in [0.15, 0.2) is 28.7 Å². The lowest BCUT2D eigenvalue weighted by Crippen LogP contribution is -2.03. The fourth-order valence-corrected chi connectivity index (χ4v) is 2.96. The van der Waals surface area contributed by atoms with Gasteiger partial charge in [-0.3, -0.25) is 4.79 Å². The Morgan fingerprint density at radius 2 is 2.12 bits per heavy atom. The Balaban J connectivity index is 2.47. The third kappa shape index (κ3) is 2.51. The van der Waals surface area contributed by atoms with Crippen molar-refractivity contribution in [3.63, 3.8) is 0 Å². The third-order valence-electron chi connectivity index (χ3n) is 2.10. The van der Waals surface area contributed by atoms with Gasteiger partial charge in [0.25, 0.3) is 0 Å². The van der Waals surface area contributed by atoms with Crippen LogP contribution in [-0.2, 0) is 0 Å². The molecule has 6 heteroatoms. The number of hydrogen-bond donors (Lipinski definition) is 1. The van der Waals surface area contributed by atoms with Gasteiger partial charge in [0.1, 0.15) is 10.2 Å². The van der Waals surface area contributed by atoms with Crippen LogP contribution in [0.2, 0.25) is 4.34 Å². The van der Waals surface area contributed by atoms with Crippen molar-refractivity contribution in [3.05, 3.63) is 49.3 Å². The molecule has 0 spiro atoms. The number of anilines is 1. The van der Waals surface area contributed by atoms with Gasteiger partial charge in [-0.15, -0.1) is 11.3 Å². The lowest BCUT2D eigenvalue weighted by atomic mass is 10.1. The summed E-state index contributed by atoms with van der Waals surface area (Å²) in [6.07, 6.45) is 0. The van der Waals surface area contributed by atoms with Crippen LogP contribution in [0.4, 0.5) is 10.1 Å². The van der Waals surface area contributed by atoms with Gasteiger partial charge in [0.15, 0.2) is 0 Å². The van der Waals surface area contributed by atoms with Crippen molar-refractivity contribution in [2.45, 2.75) is 0 Å². The first-order valence-electron chi connectivity index (χ1n) is 4.53. The van der Waals surface area contributed by atoms with Crippen LogP contribution in [-0.4, -0.2) is 5.78 Å². The first-order valence-corrected chi connectivity index (χ1v) is 6.52. The Bertz CT molecular complexity index is 580. The fourth-order valence-electron chi connectivity index (χ4n) is 1.31. The van der Waals surface area contributed by atoms with E-state index in [0.29, 0.717) is 19.4 Å². The molecular formula is C11H6BrClFNOS. The molecule has 1 aromatic heterocycles. The molecule has 0 saturated carbocycles. The van der Waals surface area contributed by atoms with Crippen LogP contribution in [0.3, 0.4) is 0 Å². The minimum Gasteiger partial charge on any atom is -0.399 e. The van der Waals surface area contributed by atoms with Gasteiger partial charge in [-0.2, -0.15) is 0 Å². The van der Waals surface area contributed by atoms with Crippen LogP contribution in [0, 0.1) is 5.82 Å². The highest BCUT2D eigenvalue weighted by Crippen LogP contribution is 2.33. The molecule has 0 aliphatic rings. The molecular weight excluding hydrogens is 329 g/mol. The summed E-state index contributed by atoms with van der Waals surface area (Å²) < 4.78 is 14.6. The highest BCUT2D eigenvalue weighted by atomic mass is 79.9. The highest BCUT2D eigenvalue weighted by molar-refractivity contribution is 9.10. The number of carbonyl (C=O) groups excluding carboxylic acids is 1. The van der Waals surface area contributed by atoms with E-state index < -0.39 is 11.6 Å². The topological polar surface area (TPSA) is 43.1 Å². The van der Waals surface area contributed by atoms with Crippen LogP contribution in [0.25, 0.3) is 0 Å². The summed E-state index contributed by atoms with van der Waals surface area (Å²) >= 11 is 10.1. The molecule has 0 radical (unpaired) electrons. The van der Waals surface area contributed by atoms with Crippen molar-refractivity contribution < 1.29 is 9.18 Å². The van der Waals surface area contributed by atoms with Gasteiger partial charge in [0, 0.05) is 10.2 Å². The zero-order valence-electron chi connectivity index (χ0n) is 8.34. The fraction of sp³-hybridized carbons (Fsp3) is 0. The van der Waals surface area contributed by atoms with Crippen molar-refractivity contribution in [1.82, 2.24) is 0 Å². The van der Waals surface area contributed by atoms with Gasteiger partial charge >= 0.3 is 0 Å². The first-order chi connectivity index (χ1) is 7.99.